The molecule has 24 heavy (non-hydrogen) atoms. The zero-order chi connectivity index (χ0) is 17.2. The second kappa shape index (κ2) is 6.60. The van der Waals surface area contributed by atoms with Gasteiger partial charge in [0, 0.05) is 13.1 Å². The second-order valence-corrected chi connectivity index (χ2v) is 6.67. The molecule has 7 nitrogen and oxygen atoms in total. The van der Waals surface area contributed by atoms with Crippen molar-refractivity contribution in [3.05, 3.63) is 42.5 Å². The van der Waals surface area contributed by atoms with E-state index in [0.717, 1.165) is 24.1 Å². The van der Waals surface area contributed by atoms with E-state index in [-0.39, 0.29) is 12.1 Å². The Morgan fingerprint density at radius 3 is 2.75 bits per heavy atom. The van der Waals surface area contributed by atoms with Crippen molar-refractivity contribution in [2.75, 3.05) is 6.54 Å². The molecule has 1 atom stereocenters. The molecular weight excluding hydrogens is 306 g/mol. The summed E-state index contributed by atoms with van der Waals surface area (Å²) >= 11 is 0. The van der Waals surface area contributed by atoms with Gasteiger partial charge < -0.3 is 15.3 Å². The molecule has 1 aliphatic rings. The summed E-state index contributed by atoms with van der Waals surface area (Å²) < 4.78 is 1.68. The standard InChI is InChI=1S/C17H23N5O2/c1-17(2,24)15-4-3-9-21(15)16(23)19-10-13-5-7-14(8-6-13)22-12-18-11-20-22/h5-8,11-12,15,24H,3-4,9-10H2,1-2H3,(H,19,23)/t15-/m1/s1. The number of hydrogen-bond acceptors (Lipinski definition) is 4. The lowest BCUT2D eigenvalue weighted by Gasteiger charge is -2.33. The van der Waals surface area contributed by atoms with Gasteiger partial charge in [0.2, 0.25) is 0 Å². The average molecular weight is 329 g/mol. The molecule has 1 aromatic carbocycles. The molecule has 1 saturated heterocycles. The van der Waals surface area contributed by atoms with Crippen LogP contribution < -0.4 is 5.32 Å². The molecule has 7 heteroatoms. The number of carbonyl (C=O) groups excluding carboxylic acids is 1. The number of carbonyl (C=O) groups is 1. The van der Waals surface area contributed by atoms with E-state index in [0.29, 0.717) is 13.1 Å². The lowest BCUT2D eigenvalue weighted by atomic mass is 9.97. The SMILES string of the molecule is CC(C)(O)[C@H]1CCCN1C(=O)NCc1ccc(-n2cncn2)cc1. The molecule has 2 N–H and O–H groups in total. The Balaban J connectivity index is 1.58. The van der Waals surface area contributed by atoms with Gasteiger partial charge in [0.25, 0.3) is 0 Å². The fourth-order valence-electron chi connectivity index (χ4n) is 3.13. The van der Waals surface area contributed by atoms with Crippen molar-refractivity contribution in [3.8, 4) is 5.69 Å². The molecule has 0 unspecified atom stereocenters. The van der Waals surface area contributed by atoms with Crippen molar-refractivity contribution in [1.29, 1.82) is 0 Å². The summed E-state index contributed by atoms with van der Waals surface area (Å²) in [6.45, 7) is 4.65. The van der Waals surface area contributed by atoms with Gasteiger partial charge in [0.1, 0.15) is 12.7 Å². The highest BCUT2D eigenvalue weighted by atomic mass is 16.3. The highest BCUT2D eigenvalue weighted by Crippen LogP contribution is 2.26. The van der Waals surface area contributed by atoms with Crippen LogP contribution in [0.25, 0.3) is 5.69 Å². The summed E-state index contributed by atoms with van der Waals surface area (Å²) in [5, 5.41) is 17.2. The van der Waals surface area contributed by atoms with Crippen LogP contribution >= 0.6 is 0 Å². The van der Waals surface area contributed by atoms with Crippen molar-refractivity contribution in [1.82, 2.24) is 25.0 Å². The van der Waals surface area contributed by atoms with Crippen molar-refractivity contribution in [2.24, 2.45) is 0 Å². The topological polar surface area (TPSA) is 83.3 Å². The monoisotopic (exact) mass is 329 g/mol. The first-order valence-corrected chi connectivity index (χ1v) is 8.16. The number of likely N-dealkylation sites (tertiary alicyclic amines) is 1. The van der Waals surface area contributed by atoms with E-state index in [1.165, 1.54) is 6.33 Å². The van der Waals surface area contributed by atoms with E-state index < -0.39 is 5.60 Å². The predicted molar refractivity (Wildman–Crippen MR) is 89.6 cm³/mol. The Kier molecular flexibility index (Phi) is 4.53. The Hall–Kier alpha value is -2.41. The number of rotatable bonds is 4. The number of benzene rings is 1. The van der Waals surface area contributed by atoms with Gasteiger partial charge >= 0.3 is 6.03 Å². The molecule has 0 aliphatic carbocycles. The van der Waals surface area contributed by atoms with E-state index >= 15 is 0 Å². The number of amides is 2. The number of aromatic nitrogens is 3. The smallest absolute Gasteiger partial charge is 0.318 e. The number of nitrogens with zero attached hydrogens (tertiary/aromatic N) is 4. The Bertz CT molecular complexity index is 676. The molecule has 0 saturated carbocycles. The second-order valence-electron chi connectivity index (χ2n) is 6.67. The molecule has 0 spiro atoms. The molecule has 1 aromatic heterocycles. The van der Waals surface area contributed by atoms with Gasteiger partial charge in [-0.1, -0.05) is 12.1 Å². The van der Waals surface area contributed by atoms with Gasteiger partial charge in [-0.3, -0.25) is 0 Å². The van der Waals surface area contributed by atoms with Crippen molar-refractivity contribution in [3.63, 3.8) is 0 Å². The summed E-state index contributed by atoms with van der Waals surface area (Å²) in [5.41, 5.74) is 1.04. The van der Waals surface area contributed by atoms with Gasteiger partial charge in [0.15, 0.2) is 0 Å². The third-order valence-corrected chi connectivity index (χ3v) is 4.39. The summed E-state index contributed by atoms with van der Waals surface area (Å²) in [7, 11) is 0. The van der Waals surface area contributed by atoms with Crippen LogP contribution in [-0.2, 0) is 6.54 Å². The minimum absolute atomic E-state index is 0.125. The molecule has 2 amide bonds. The van der Waals surface area contributed by atoms with Crippen LogP contribution in [0.4, 0.5) is 4.79 Å². The summed E-state index contributed by atoms with van der Waals surface area (Å²) in [6, 6.07) is 7.52. The van der Waals surface area contributed by atoms with Crippen LogP contribution in [0.3, 0.4) is 0 Å². The fraction of sp³-hybridized carbons (Fsp3) is 0.471. The largest absolute Gasteiger partial charge is 0.388 e. The molecular formula is C17H23N5O2. The fourth-order valence-corrected chi connectivity index (χ4v) is 3.13. The zero-order valence-electron chi connectivity index (χ0n) is 14.0. The Labute approximate surface area is 141 Å². The molecule has 0 radical (unpaired) electrons. The van der Waals surface area contributed by atoms with Crippen LogP contribution in [-0.4, -0.2) is 49.0 Å². The molecule has 1 aliphatic heterocycles. The van der Waals surface area contributed by atoms with Crippen LogP contribution in [0.2, 0.25) is 0 Å². The highest BCUT2D eigenvalue weighted by molar-refractivity contribution is 5.75. The first kappa shape index (κ1) is 16.4. The zero-order valence-corrected chi connectivity index (χ0v) is 14.0. The minimum Gasteiger partial charge on any atom is -0.388 e. The van der Waals surface area contributed by atoms with Crippen molar-refractivity contribution < 1.29 is 9.90 Å². The Morgan fingerprint density at radius 1 is 1.38 bits per heavy atom. The first-order chi connectivity index (χ1) is 11.4. The molecule has 128 valence electrons. The number of nitrogens with one attached hydrogen (secondary N) is 1. The van der Waals surface area contributed by atoms with E-state index in [1.807, 2.05) is 24.3 Å². The highest BCUT2D eigenvalue weighted by Gasteiger charge is 2.38. The van der Waals surface area contributed by atoms with E-state index in [2.05, 4.69) is 15.4 Å². The van der Waals surface area contributed by atoms with Gasteiger partial charge in [-0.2, -0.15) is 5.10 Å². The lowest BCUT2D eigenvalue weighted by Crippen LogP contribution is -2.51. The van der Waals surface area contributed by atoms with E-state index in [9.17, 15) is 9.90 Å². The van der Waals surface area contributed by atoms with Gasteiger partial charge in [-0.05, 0) is 44.4 Å². The van der Waals surface area contributed by atoms with Crippen LogP contribution in [0, 0.1) is 0 Å². The third-order valence-electron chi connectivity index (χ3n) is 4.39. The van der Waals surface area contributed by atoms with E-state index in [1.54, 1.807) is 29.8 Å². The lowest BCUT2D eigenvalue weighted by molar-refractivity contribution is 0.00979. The van der Waals surface area contributed by atoms with Crippen molar-refractivity contribution in [2.45, 2.75) is 44.9 Å². The maximum atomic E-state index is 12.4. The molecule has 2 aromatic rings. The maximum Gasteiger partial charge on any atom is 0.318 e. The van der Waals surface area contributed by atoms with Crippen molar-refractivity contribution >= 4 is 6.03 Å². The molecule has 1 fully saturated rings. The number of aliphatic hydroxyl groups is 1. The molecule has 2 heterocycles. The number of hydrogen-bond donors (Lipinski definition) is 2. The number of urea groups is 1. The maximum absolute atomic E-state index is 12.4. The minimum atomic E-state index is -0.882. The average Bonchev–Trinajstić information content (AvgIpc) is 3.23. The van der Waals surface area contributed by atoms with Crippen LogP contribution in [0.15, 0.2) is 36.9 Å². The molecule has 3 rings (SSSR count). The van der Waals surface area contributed by atoms with E-state index in [4.69, 9.17) is 0 Å². The predicted octanol–water partition coefficient (Wildman–Crippen LogP) is 1.71. The third kappa shape index (κ3) is 3.56. The normalized spacial score (nSPS) is 18.0. The quantitative estimate of drug-likeness (QED) is 0.894. The van der Waals surface area contributed by atoms with Crippen LogP contribution in [0.1, 0.15) is 32.3 Å². The summed E-state index contributed by atoms with van der Waals surface area (Å²) in [4.78, 5) is 18.1. The summed E-state index contributed by atoms with van der Waals surface area (Å²) in [5.74, 6) is 0. The van der Waals surface area contributed by atoms with Gasteiger partial charge in [0.05, 0.1) is 17.3 Å². The summed E-state index contributed by atoms with van der Waals surface area (Å²) in [6.07, 6.45) is 4.89. The van der Waals surface area contributed by atoms with Crippen LogP contribution in [0.5, 0.6) is 0 Å². The Morgan fingerprint density at radius 2 is 2.12 bits per heavy atom. The van der Waals surface area contributed by atoms with Gasteiger partial charge in [-0.25, -0.2) is 14.5 Å². The van der Waals surface area contributed by atoms with Gasteiger partial charge in [-0.15, -0.1) is 0 Å². The first-order valence-electron chi connectivity index (χ1n) is 8.16. The molecule has 0 bridgehead atoms.